The average Bonchev–Trinajstić information content (AvgIpc) is 2.04. The number of carbonyl (C=O) groups is 2. The smallest absolute Gasteiger partial charge is 0.407 e. The molecule has 0 aliphatic heterocycles. The molecule has 4 nitrogen and oxygen atoms in total. The molecule has 1 amide bonds. The summed E-state index contributed by atoms with van der Waals surface area (Å²) in [6.07, 6.45) is 2.92. The standard InChI is InChI=1S/C12H19NO3/c1-11(2,3)16-10(15)13-9-4-5-12(9)6-8(14)7-12/h9H,4-7H2,1-3H3,(H,13,15)/t9-/m1/s1. The summed E-state index contributed by atoms with van der Waals surface area (Å²) in [5.41, 5.74) is -0.385. The van der Waals surface area contributed by atoms with Gasteiger partial charge in [-0.05, 0) is 33.6 Å². The van der Waals surface area contributed by atoms with Crippen LogP contribution in [0.5, 0.6) is 0 Å². The summed E-state index contributed by atoms with van der Waals surface area (Å²) in [6.45, 7) is 5.53. The predicted octanol–water partition coefficient (Wildman–Crippen LogP) is 2.02. The van der Waals surface area contributed by atoms with Crippen molar-refractivity contribution in [2.75, 3.05) is 0 Å². The molecule has 0 aromatic heterocycles. The number of hydrogen-bond acceptors (Lipinski definition) is 3. The van der Waals surface area contributed by atoms with Crippen molar-refractivity contribution in [1.29, 1.82) is 0 Å². The van der Waals surface area contributed by atoms with Crippen molar-refractivity contribution in [1.82, 2.24) is 5.32 Å². The fourth-order valence-electron chi connectivity index (χ4n) is 2.53. The first-order valence-corrected chi connectivity index (χ1v) is 5.82. The van der Waals surface area contributed by atoms with Crippen LogP contribution in [0.15, 0.2) is 0 Å². The van der Waals surface area contributed by atoms with Crippen molar-refractivity contribution < 1.29 is 14.3 Å². The van der Waals surface area contributed by atoms with Crippen LogP contribution in [0.3, 0.4) is 0 Å². The van der Waals surface area contributed by atoms with Gasteiger partial charge in [0.05, 0.1) is 0 Å². The zero-order chi connectivity index (χ0) is 12.0. The van der Waals surface area contributed by atoms with E-state index >= 15 is 0 Å². The van der Waals surface area contributed by atoms with Crippen LogP contribution in [0.25, 0.3) is 0 Å². The van der Waals surface area contributed by atoms with E-state index in [1.54, 1.807) is 0 Å². The van der Waals surface area contributed by atoms with Crippen molar-refractivity contribution in [3.63, 3.8) is 0 Å². The highest BCUT2D eigenvalue weighted by molar-refractivity contribution is 5.87. The second-order valence-electron chi connectivity index (χ2n) is 5.99. The number of hydrogen-bond donors (Lipinski definition) is 1. The Morgan fingerprint density at radius 1 is 1.44 bits per heavy atom. The molecule has 0 aromatic carbocycles. The maximum atomic E-state index is 11.6. The van der Waals surface area contributed by atoms with Crippen molar-refractivity contribution in [2.24, 2.45) is 5.41 Å². The maximum absolute atomic E-state index is 11.6. The largest absolute Gasteiger partial charge is 0.444 e. The monoisotopic (exact) mass is 225 g/mol. The molecule has 1 atom stereocenters. The lowest BCUT2D eigenvalue weighted by molar-refractivity contribution is -0.141. The molecule has 0 unspecified atom stereocenters. The summed E-state index contributed by atoms with van der Waals surface area (Å²) in [6, 6.07) is 0.139. The molecule has 0 saturated heterocycles. The second-order valence-corrected chi connectivity index (χ2v) is 5.99. The van der Waals surface area contributed by atoms with Crippen LogP contribution in [-0.2, 0) is 9.53 Å². The Labute approximate surface area is 95.7 Å². The number of carbonyl (C=O) groups excluding carboxylic acids is 2. The number of rotatable bonds is 1. The Bertz CT molecular complexity index is 322. The molecular formula is C12H19NO3. The van der Waals surface area contributed by atoms with Crippen LogP contribution in [0, 0.1) is 5.41 Å². The number of ketones is 1. The second kappa shape index (κ2) is 3.47. The zero-order valence-corrected chi connectivity index (χ0v) is 10.1. The lowest BCUT2D eigenvalue weighted by Crippen LogP contribution is -2.61. The van der Waals surface area contributed by atoms with Crippen LogP contribution in [0.2, 0.25) is 0 Å². The molecule has 2 aliphatic rings. The first kappa shape index (κ1) is 11.4. The summed E-state index contributed by atoms with van der Waals surface area (Å²) in [5.74, 6) is 0.315. The van der Waals surface area contributed by atoms with Crippen molar-refractivity contribution in [3.8, 4) is 0 Å². The summed E-state index contributed by atoms with van der Waals surface area (Å²) in [5, 5.41) is 2.87. The number of Topliss-reactive ketones (excluding diaryl/α,β-unsaturated/α-hetero) is 1. The molecular weight excluding hydrogens is 206 g/mol. The molecule has 90 valence electrons. The lowest BCUT2D eigenvalue weighted by Gasteiger charge is -2.54. The molecule has 2 rings (SSSR count). The molecule has 4 heteroatoms. The Morgan fingerprint density at radius 2 is 2.06 bits per heavy atom. The Morgan fingerprint density at radius 3 is 2.44 bits per heavy atom. The molecule has 0 bridgehead atoms. The minimum atomic E-state index is -0.462. The van der Waals surface area contributed by atoms with E-state index < -0.39 is 5.60 Å². The summed E-state index contributed by atoms with van der Waals surface area (Å²) in [7, 11) is 0. The Balaban J connectivity index is 1.83. The van der Waals surface area contributed by atoms with Gasteiger partial charge >= 0.3 is 6.09 Å². The average molecular weight is 225 g/mol. The highest BCUT2D eigenvalue weighted by atomic mass is 16.6. The van der Waals surface area contributed by atoms with E-state index in [0.29, 0.717) is 18.6 Å². The third-order valence-corrected chi connectivity index (χ3v) is 3.46. The molecule has 1 spiro atoms. The number of ether oxygens (including phenoxy) is 1. The molecule has 2 fully saturated rings. The third-order valence-electron chi connectivity index (χ3n) is 3.46. The van der Waals surface area contributed by atoms with E-state index in [4.69, 9.17) is 4.74 Å². The van der Waals surface area contributed by atoms with Gasteiger partial charge in [0.2, 0.25) is 0 Å². The fraction of sp³-hybridized carbons (Fsp3) is 0.833. The third kappa shape index (κ3) is 2.06. The van der Waals surface area contributed by atoms with Gasteiger partial charge in [0, 0.05) is 24.3 Å². The summed E-state index contributed by atoms with van der Waals surface area (Å²) >= 11 is 0. The number of amides is 1. The predicted molar refractivity (Wildman–Crippen MR) is 59.1 cm³/mol. The van der Waals surface area contributed by atoms with E-state index in [0.717, 1.165) is 12.8 Å². The van der Waals surface area contributed by atoms with Gasteiger partial charge in [-0.15, -0.1) is 0 Å². The van der Waals surface area contributed by atoms with Gasteiger partial charge in [0.1, 0.15) is 11.4 Å². The molecule has 0 radical (unpaired) electrons. The summed E-state index contributed by atoms with van der Waals surface area (Å²) in [4.78, 5) is 22.6. The van der Waals surface area contributed by atoms with Gasteiger partial charge in [-0.25, -0.2) is 4.79 Å². The zero-order valence-electron chi connectivity index (χ0n) is 10.1. The quantitative estimate of drug-likeness (QED) is 0.742. The van der Waals surface area contributed by atoms with Crippen LogP contribution in [0.4, 0.5) is 4.79 Å². The minimum absolute atomic E-state index is 0.0774. The Hall–Kier alpha value is -1.06. The first-order valence-electron chi connectivity index (χ1n) is 5.82. The highest BCUT2D eigenvalue weighted by Crippen LogP contribution is 2.54. The van der Waals surface area contributed by atoms with Gasteiger partial charge in [-0.2, -0.15) is 0 Å². The molecule has 2 saturated carbocycles. The fourth-order valence-corrected chi connectivity index (χ4v) is 2.53. The Kier molecular flexibility index (Phi) is 2.48. The van der Waals surface area contributed by atoms with Gasteiger partial charge < -0.3 is 10.1 Å². The van der Waals surface area contributed by atoms with E-state index in [2.05, 4.69) is 5.32 Å². The maximum Gasteiger partial charge on any atom is 0.407 e. The topological polar surface area (TPSA) is 55.4 Å². The van der Waals surface area contributed by atoms with E-state index in [1.807, 2.05) is 20.8 Å². The van der Waals surface area contributed by atoms with Gasteiger partial charge in [-0.1, -0.05) is 0 Å². The van der Waals surface area contributed by atoms with Crippen LogP contribution >= 0.6 is 0 Å². The molecule has 0 aromatic rings. The van der Waals surface area contributed by atoms with Crippen LogP contribution in [-0.4, -0.2) is 23.5 Å². The minimum Gasteiger partial charge on any atom is -0.444 e. The van der Waals surface area contributed by atoms with Crippen molar-refractivity contribution in [3.05, 3.63) is 0 Å². The SMILES string of the molecule is CC(C)(C)OC(=O)N[C@@H]1CCC12CC(=O)C2. The van der Waals surface area contributed by atoms with Gasteiger partial charge in [0.25, 0.3) is 0 Å². The van der Waals surface area contributed by atoms with Crippen LogP contribution < -0.4 is 5.32 Å². The lowest BCUT2D eigenvalue weighted by atomic mass is 9.52. The van der Waals surface area contributed by atoms with E-state index in [-0.39, 0.29) is 17.6 Å². The summed E-state index contributed by atoms with van der Waals surface area (Å²) < 4.78 is 5.20. The number of nitrogens with one attached hydrogen (secondary N) is 1. The van der Waals surface area contributed by atoms with Crippen molar-refractivity contribution >= 4 is 11.9 Å². The highest BCUT2D eigenvalue weighted by Gasteiger charge is 2.55. The molecule has 16 heavy (non-hydrogen) atoms. The van der Waals surface area contributed by atoms with Crippen molar-refractivity contribution in [2.45, 2.75) is 58.1 Å². The van der Waals surface area contributed by atoms with Crippen LogP contribution in [0.1, 0.15) is 46.5 Å². The van der Waals surface area contributed by atoms with Gasteiger partial charge in [0.15, 0.2) is 0 Å². The molecule has 0 heterocycles. The molecule has 2 aliphatic carbocycles. The van der Waals surface area contributed by atoms with Gasteiger partial charge in [-0.3, -0.25) is 4.79 Å². The van der Waals surface area contributed by atoms with E-state index in [1.165, 1.54) is 0 Å². The van der Waals surface area contributed by atoms with E-state index in [9.17, 15) is 9.59 Å². The molecule has 1 N–H and O–H groups in total. The first-order chi connectivity index (χ1) is 7.31. The number of alkyl carbamates (subject to hydrolysis) is 1. The normalized spacial score (nSPS) is 26.9.